The quantitative estimate of drug-likeness (QED) is 0.191. The van der Waals surface area contributed by atoms with Crippen LogP contribution in [-0.4, -0.2) is 72.3 Å². The Kier molecular flexibility index (Phi) is 8.02. The molecule has 4 aromatic rings. The van der Waals surface area contributed by atoms with E-state index < -0.39 is 35.9 Å². The SMILES string of the molecule is O=C(C=C(c1ccccc1)n1cnc2ncccc21)O[C@@H]1C[C@](OC[C@@H]2C[C@@H]2c2ccc(Cl)cc2)(C(=O)O)C[C@@H](O)[C@H]1O. The largest absolute Gasteiger partial charge is 0.479 e. The highest BCUT2D eigenvalue weighted by atomic mass is 35.5. The molecule has 0 bridgehead atoms. The van der Waals surface area contributed by atoms with E-state index in [2.05, 4.69) is 9.97 Å². The van der Waals surface area contributed by atoms with E-state index >= 15 is 0 Å². The minimum Gasteiger partial charge on any atom is -0.479 e. The maximum Gasteiger partial charge on any atom is 0.336 e. The number of esters is 1. The number of ether oxygens (including phenoxy) is 2. The second-order valence-electron chi connectivity index (χ2n) is 11.1. The summed E-state index contributed by atoms with van der Waals surface area (Å²) in [7, 11) is 0. The lowest BCUT2D eigenvalue weighted by atomic mass is 9.79. The average Bonchev–Trinajstić information content (AvgIpc) is 3.66. The van der Waals surface area contributed by atoms with Crippen molar-refractivity contribution in [3.63, 3.8) is 0 Å². The molecule has 0 radical (unpaired) electrons. The average molecular weight is 604 g/mol. The number of aromatic nitrogens is 3. The number of fused-ring (bicyclic) bond motifs is 1. The van der Waals surface area contributed by atoms with Crippen molar-refractivity contribution in [2.45, 2.75) is 49.1 Å². The Bertz CT molecular complexity index is 1660. The van der Waals surface area contributed by atoms with Gasteiger partial charge in [0.2, 0.25) is 0 Å². The van der Waals surface area contributed by atoms with Crippen LogP contribution in [0.3, 0.4) is 0 Å². The van der Waals surface area contributed by atoms with Crippen molar-refractivity contribution in [3.8, 4) is 0 Å². The van der Waals surface area contributed by atoms with Crippen LogP contribution in [0.15, 0.2) is 85.3 Å². The van der Waals surface area contributed by atoms with E-state index in [4.69, 9.17) is 21.1 Å². The third-order valence-corrected chi connectivity index (χ3v) is 8.45. The van der Waals surface area contributed by atoms with Gasteiger partial charge in [0, 0.05) is 30.1 Å². The van der Waals surface area contributed by atoms with E-state index in [1.54, 1.807) is 23.2 Å². The number of pyridine rings is 1. The lowest BCUT2D eigenvalue weighted by Gasteiger charge is -2.42. The summed E-state index contributed by atoms with van der Waals surface area (Å²) in [5, 5.41) is 32.3. The molecular formula is C32H30ClN3O7. The number of hydrogen-bond donors (Lipinski definition) is 3. The van der Waals surface area contributed by atoms with Crippen LogP contribution in [0.2, 0.25) is 5.02 Å². The van der Waals surface area contributed by atoms with Crippen molar-refractivity contribution < 1.29 is 34.4 Å². The highest BCUT2D eigenvalue weighted by molar-refractivity contribution is 6.30. The Morgan fingerprint density at radius 3 is 2.53 bits per heavy atom. The fraction of sp³-hybridized carbons (Fsp3) is 0.312. The highest BCUT2D eigenvalue weighted by Crippen LogP contribution is 2.49. The molecule has 2 aliphatic rings. The van der Waals surface area contributed by atoms with E-state index in [0.717, 1.165) is 12.0 Å². The van der Waals surface area contributed by atoms with Gasteiger partial charge in [-0.3, -0.25) is 4.57 Å². The van der Waals surface area contributed by atoms with Gasteiger partial charge < -0.3 is 24.8 Å². The topological polar surface area (TPSA) is 144 Å². The van der Waals surface area contributed by atoms with Crippen molar-refractivity contribution in [2.24, 2.45) is 5.92 Å². The van der Waals surface area contributed by atoms with Crippen LogP contribution in [0.1, 0.15) is 36.3 Å². The summed E-state index contributed by atoms with van der Waals surface area (Å²) in [5.41, 5.74) is 1.53. The Morgan fingerprint density at radius 2 is 1.79 bits per heavy atom. The van der Waals surface area contributed by atoms with E-state index in [9.17, 15) is 24.9 Å². The minimum absolute atomic E-state index is 0.0956. The van der Waals surface area contributed by atoms with Gasteiger partial charge in [0.1, 0.15) is 18.5 Å². The van der Waals surface area contributed by atoms with Gasteiger partial charge in [-0.25, -0.2) is 19.6 Å². The predicted octanol–water partition coefficient (Wildman–Crippen LogP) is 4.05. The molecule has 2 aromatic heterocycles. The molecule has 2 aliphatic carbocycles. The number of halogens is 1. The number of rotatable bonds is 9. The molecule has 2 heterocycles. The van der Waals surface area contributed by atoms with Crippen LogP contribution in [0.4, 0.5) is 0 Å². The first-order chi connectivity index (χ1) is 20.7. The number of aliphatic carboxylic acids is 1. The van der Waals surface area contributed by atoms with Gasteiger partial charge >= 0.3 is 11.9 Å². The molecule has 3 N–H and O–H groups in total. The van der Waals surface area contributed by atoms with Crippen molar-refractivity contribution in [1.82, 2.24) is 14.5 Å². The maximum absolute atomic E-state index is 13.3. The van der Waals surface area contributed by atoms with Gasteiger partial charge in [0.25, 0.3) is 0 Å². The van der Waals surface area contributed by atoms with E-state index in [-0.39, 0.29) is 31.3 Å². The first-order valence-electron chi connectivity index (χ1n) is 14.0. The number of carbonyl (C=O) groups is 2. The molecule has 222 valence electrons. The summed E-state index contributed by atoms with van der Waals surface area (Å²) in [4.78, 5) is 34.4. The zero-order valence-corrected chi connectivity index (χ0v) is 23.7. The second-order valence-corrected chi connectivity index (χ2v) is 11.5. The number of imidazole rings is 1. The van der Waals surface area contributed by atoms with E-state index in [1.807, 2.05) is 60.7 Å². The Morgan fingerprint density at radius 1 is 1.02 bits per heavy atom. The van der Waals surface area contributed by atoms with Gasteiger partial charge in [0.15, 0.2) is 11.2 Å². The molecule has 0 saturated heterocycles. The van der Waals surface area contributed by atoms with Crippen LogP contribution >= 0.6 is 11.6 Å². The first-order valence-corrected chi connectivity index (χ1v) is 14.4. The zero-order chi connectivity index (χ0) is 30.1. The van der Waals surface area contributed by atoms with Gasteiger partial charge in [0.05, 0.1) is 23.9 Å². The van der Waals surface area contributed by atoms with Crippen LogP contribution in [0, 0.1) is 5.92 Å². The lowest BCUT2D eigenvalue weighted by molar-refractivity contribution is -0.207. The highest BCUT2D eigenvalue weighted by Gasteiger charge is 2.53. The molecule has 2 fully saturated rings. The molecule has 43 heavy (non-hydrogen) atoms. The van der Waals surface area contributed by atoms with Gasteiger partial charge in [-0.1, -0.05) is 54.1 Å². The van der Waals surface area contributed by atoms with E-state index in [0.29, 0.717) is 27.4 Å². The lowest BCUT2D eigenvalue weighted by Crippen LogP contribution is -2.58. The van der Waals surface area contributed by atoms with Gasteiger partial charge in [-0.2, -0.15) is 0 Å². The Balaban J connectivity index is 1.21. The number of hydrogen-bond acceptors (Lipinski definition) is 8. The molecule has 0 amide bonds. The molecule has 0 aliphatic heterocycles. The summed E-state index contributed by atoms with van der Waals surface area (Å²) in [5.74, 6) is -1.81. The summed E-state index contributed by atoms with van der Waals surface area (Å²) < 4.78 is 13.3. The Labute approximate surface area is 252 Å². The summed E-state index contributed by atoms with van der Waals surface area (Å²) in [6.45, 7) is 0.142. The minimum atomic E-state index is -1.84. The summed E-state index contributed by atoms with van der Waals surface area (Å²) >= 11 is 5.99. The molecule has 6 rings (SSSR count). The first kappa shape index (κ1) is 29.0. The molecule has 6 atom stereocenters. The standard InChI is InChI=1S/C32H30ClN3O7/c33-22-10-8-19(9-11-22)23-13-21(23)17-42-32(31(40)41)15-26(37)29(39)27(16-32)43-28(38)14-25(20-5-2-1-3-6-20)36-18-35-30-24(36)7-4-12-34-30/h1-12,14,18,21,23,26-27,29,37,39H,13,15-17H2,(H,40,41)/t21-,23+,26+,27+,29+,32-/m0/s1. The molecule has 2 saturated carbocycles. The van der Waals surface area contributed by atoms with Crippen LogP contribution in [-0.2, 0) is 19.1 Å². The molecule has 11 heteroatoms. The normalized spacial score (nSPS) is 27.1. The second kappa shape index (κ2) is 11.9. The number of nitrogens with zero attached hydrogens (tertiary/aromatic N) is 3. The number of benzene rings is 2. The molecule has 0 spiro atoms. The zero-order valence-electron chi connectivity index (χ0n) is 23.0. The van der Waals surface area contributed by atoms with Crippen molar-refractivity contribution in [1.29, 1.82) is 0 Å². The number of carbonyl (C=O) groups excluding carboxylic acids is 1. The molecule has 2 aromatic carbocycles. The van der Waals surface area contributed by atoms with E-state index in [1.165, 1.54) is 6.08 Å². The predicted molar refractivity (Wildman–Crippen MR) is 157 cm³/mol. The fourth-order valence-electron chi connectivity index (χ4n) is 5.76. The van der Waals surface area contributed by atoms with Crippen molar-refractivity contribution in [2.75, 3.05) is 6.61 Å². The monoisotopic (exact) mass is 603 g/mol. The number of carboxylic acid groups (broad SMARTS) is 1. The number of aliphatic hydroxyl groups excluding tert-OH is 2. The maximum atomic E-state index is 13.3. The van der Waals surface area contributed by atoms with Crippen molar-refractivity contribution in [3.05, 3.63) is 101 Å². The smallest absolute Gasteiger partial charge is 0.336 e. The molecular weight excluding hydrogens is 574 g/mol. The molecule has 0 unspecified atom stereocenters. The summed E-state index contributed by atoms with van der Waals surface area (Å²) in [6.07, 6.45) is 0.285. The number of aliphatic hydroxyl groups is 2. The Hall–Kier alpha value is -4.09. The van der Waals surface area contributed by atoms with Gasteiger partial charge in [-0.05, 0) is 53.6 Å². The van der Waals surface area contributed by atoms with Crippen molar-refractivity contribution >= 4 is 40.4 Å². The third-order valence-electron chi connectivity index (χ3n) is 8.20. The summed E-state index contributed by atoms with van der Waals surface area (Å²) in [6, 6.07) is 20.2. The molecule has 10 nitrogen and oxygen atoms in total. The van der Waals surface area contributed by atoms with Crippen LogP contribution < -0.4 is 0 Å². The third kappa shape index (κ3) is 6.05. The van der Waals surface area contributed by atoms with Crippen LogP contribution in [0.25, 0.3) is 16.9 Å². The van der Waals surface area contributed by atoms with Gasteiger partial charge in [-0.15, -0.1) is 0 Å². The fourth-order valence-corrected chi connectivity index (χ4v) is 5.88. The van der Waals surface area contributed by atoms with Crippen LogP contribution in [0.5, 0.6) is 0 Å². The number of carboxylic acids is 1.